The Balaban J connectivity index is 1.33. The summed E-state index contributed by atoms with van der Waals surface area (Å²) in [6.45, 7) is 0.517. The second-order valence-electron chi connectivity index (χ2n) is 10.3. The number of nitrogens with one attached hydrogen (secondary N) is 1. The van der Waals surface area contributed by atoms with Gasteiger partial charge in [0.2, 0.25) is 5.91 Å². The van der Waals surface area contributed by atoms with Crippen LogP contribution in [0.5, 0.6) is 0 Å². The Hall–Kier alpha value is -2.49. The van der Waals surface area contributed by atoms with E-state index < -0.39 is 80.4 Å². The maximum atomic E-state index is 13.2. The van der Waals surface area contributed by atoms with E-state index in [0.29, 0.717) is 0 Å². The van der Waals surface area contributed by atoms with Crippen LogP contribution in [0.15, 0.2) is 60.7 Å². The highest BCUT2D eigenvalue weighted by atomic mass is 16.7. The Morgan fingerprint density at radius 1 is 0.805 bits per heavy atom. The van der Waals surface area contributed by atoms with Crippen molar-refractivity contribution in [2.24, 2.45) is 5.92 Å². The van der Waals surface area contributed by atoms with Gasteiger partial charge in [-0.1, -0.05) is 67.6 Å². The van der Waals surface area contributed by atoms with Gasteiger partial charge in [-0.3, -0.25) is 4.79 Å². The van der Waals surface area contributed by atoms with Crippen LogP contribution in [0.25, 0.3) is 0 Å². The first-order valence-corrected chi connectivity index (χ1v) is 13.7. The number of rotatable bonds is 11. The zero-order valence-electron chi connectivity index (χ0n) is 22.7. The number of carbonyl (C=O) groups excluding carboxylic acids is 1. The van der Waals surface area contributed by atoms with Gasteiger partial charge in [-0.15, -0.1) is 0 Å². The van der Waals surface area contributed by atoms with Gasteiger partial charge >= 0.3 is 0 Å². The molecule has 1 amide bonds. The van der Waals surface area contributed by atoms with Crippen molar-refractivity contribution in [2.45, 2.75) is 68.1 Å². The van der Waals surface area contributed by atoms with Crippen molar-refractivity contribution in [3.63, 3.8) is 0 Å². The highest BCUT2D eigenvalue weighted by Crippen LogP contribution is 2.31. The van der Waals surface area contributed by atoms with E-state index in [1.54, 1.807) is 6.92 Å². The van der Waals surface area contributed by atoms with E-state index in [1.807, 2.05) is 60.7 Å². The first kappa shape index (κ1) is 31.4. The van der Waals surface area contributed by atoms with E-state index in [1.165, 1.54) is 0 Å². The van der Waals surface area contributed by atoms with Gasteiger partial charge in [0.15, 0.2) is 12.6 Å². The summed E-state index contributed by atoms with van der Waals surface area (Å²) < 4.78 is 22.4. The number of carbonyl (C=O) groups is 1. The molecule has 12 heteroatoms. The predicted molar refractivity (Wildman–Crippen MR) is 143 cm³/mol. The van der Waals surface area contributed by atoms with Crippen molar-refractivity contribution in [3.8, 4) is 0 Å². The third-order valence-corrected chi connectivity index (χ3v) is 7.57. The molecule has 41 heavy (non-hydrogen) atoms. The number of hydrogen-bond acceptors (Lipinski definition) is 11. The molecule has 4 rings (SSSR count). The van der Waals surface area contributed by atoms with Crippen LogP contribution in [0.4, 0.5) is 0 Å². The van der Waals surface area contributed by atoms with Gasteiger partial charge in [0.05, 0.1) is 37.9 Å². The molecule has 12 nitrogen and oxygen atoms in total. The molecule has 2 aromatic rings. The molecule has 0 aromatic heterocycles. The lowest BCUT2D eigenvalue weighted by molar-refractivity contribution is -0.355. The molecule has 0 bridgehead atoms. The minimum Gasteiger partial charge on any atom is -0.394 e. The molecule has 0 saturated carbocycles. The molecule has 2 aliphatic rings. The van der Waals surface area contributed by atoms with E-state index in [-0.39, 0.29) is 19.1 Å². The van der Waals surface area contributed by atoms with Gasteiger partial charge in [0.1, 0.15) is 30.5 Å². The molecule has 0 spiro atoms. The molecule has 4 unspecified atom stereocenters. The standard InChI is InChI=1S/C29H39NO11/c1-16-19(14-31)39-29(24(35)22(16)33)41-26-20(15-32)40-28(25(36)23(26)34)38-13-12-30-27(37)21(17-8-4-2-5-9-17)18-10-6-3-7-11-18/h2-11,16,19-26,28-29,31-36H,12-15H2,1H3,(H,30,37)/t16-,19?,20?,22?,23?,24+,25+,26-,28+,29-/m1/s1. The molecule has 2 aromatic carbocycles. The summed E-state index contributed by atoms with van der Waals surface area (Å²) in [6.07, 6.45) is -12.2. The molecular formula is C29H39NO11. The Morgan fingerprint density at radius 3 is 1.90 bits per heavy atom. The molecule has 0 aliphatic carbocycles. The quantitative estimate of drug-likeness (QED) is 0.160. The maximum Gasteiger partial charge on any atom is 0.232 e. The van der Waals surface area contributed by atoms with Gasteiger partial charge in [0.25, 0.3) is 0 Å². The Labute approximate surface area is 238 Å². The van der Waals surface area contributed by atoms with E-state index in [4.69, 9.17) is 18.9 Å². The fraction of sp³-hybridized carbons (Fsp3) is 0.552. The fourth-order valence-corrected chi connectivity index (χ4v) is 5.14. The molecule has 2 heterocycles. The van der Waals surface area contributed by atoms with Crippen molar-refractivity contribution in [1.29, 1.82) is 0 Å². The molecule has 2 aliphatic heterocycles. The monoisotopic (exact) mass is 577 g/mol. The molecular weight excluding hydrogens is 538 g/mol. The Bertz CT molecular complexity index is 1030. The van der Waals surface area contributed by atoms with Gasteiger partial charge in [0, 0.05) is 12.5 Å². The first-order chi connectivity index (χ1) is 19.8. The number of ether oxygens (including phenoxy) is 4. The van der Waals surface area contributed by atoms with E-state index >= 15 is 0 Å². The Kier molecular flexibility index (Phi) is 11.2. The minimum absolute atomic E-state index is 0.0716. The number of benzene rings is 2. The van der Waals surface area contributed by atoms with E-state index in [0.717, 1.165) is 11.1 Å². The molecule has 0 radical (unpaired) electrons. The molecule has 7 N–H and O–H groups in total. The number of aliphatic hydroxyl groups excluding tert-OH is 6. The third-order valence-electron chi connectivity index (χ3n) is 7.57. The second kappa shape index (κ2) is 14.6. The van der Waals surface area contributed by atoms with Crippen LogP contribution >= 0.6 is 0 Å². The highest BCUT2D eigenvalue weighted by molar-refractivity contribution is 5.87. The molecule has 2 saturated heterocycles. The predicted octanol–water partition coefficient (Wildman–Crippen LogP) is -1.15. The summed E-state index contributed by atoms with van der Waals surface area (Å²) in [7, 11) is 0. The minimum atomic E-state index is -1.62. The van der Waals surface area contributed by atoms with Crippen LogP contribution in [0.2, 0.25) is 0 Å². The summed E-state index contributed by atoms with van der Waals surface area (Å²) in [6, 6.07) is 18.7. The van der Waals surface area contributed by atoms with Gasteiger partial charge in [-0.25, -0.2) is 0 Å². The summed E-state index contributed by atoms with van der Waals surface area (Å²) in [5.41, 5.74) is 1.64. The maximum absolute atomic E-state index is 13.2. The largest absolute Gasteiger partial charge is 0.394 e. The molecule has 226 valence electrons. The summed E-state index contributed by atoms with van der Waals surface area (Å²) in [4.78, 5) is 13.2. The average Bonchev–Trinajstić information content (AvgIpc) is 2.99. The van der Waals surface area contributed by atoms with Crippen LogP contribution < -0.4 is 5.32 Å². The van der Waals surface area contributed by atoms with Crippen molar-refractivity contribution < 1.29 is 54.4 Å². The lowest BCUT2D eigenvalue weighted by atomic mass is 9.90. The SMILES string of the molecule is C[C@@H]1C(CO)O[C@H](O[C@@H]2C(CO)O[C@H](OCCNC(=O)C(c3ccccc3)c3ccccc3)[C@@H](O)C2O)[C@@H](O)C1O. The molecule has 10 atom stereocenters. The van der Waals surface area contributed by atoms with Crippen molar-refractivity contribution in [2.75, 3.05) is 26.4 Å². The van der Waals surface area contributed by atoms with Crippen LogP contribution in [-0.2, 0) is 23.7 Å². The summed E-state index contributed by atoms with van der Waals surface area (Å²) in [5, 5.41) is 64.4. The van der Waals surface area contributed by atoms with E-state index in [9.17, 15) is 35.4 Å². The highest BCUT2D eigenvalue weighted by Gasteiger charge is 2.50. The smallest absolute Gasteiger partial charge is 0.232 e. The van der Waals surface area contributed by atoms with Gasteiger partial charge in [-0.2, -0.15) is 0 Å². The van der Waals surface area contributed by atoms with Crippen LogP contribution in [0, 0.1) is 5.92 Å². The summed E-state index contributed by atoms with van der Waals surface area (Å²) in [5.74, 6) is -1.38. The Morgan fingerprint density at radius 2 is 1.34 bits per heavy atom. The average molecular weight is 578 g/mol. The number of hydrogen-bond donors (Lipinski definition) is 7. The van der Waals surface area contributed by atoms with Gasteiger partial charge < -0.3 is 54.9 Å². The summed E-state index contributed by atoms with van der Waals surface area (Å²) >= 11 is 0. The zero-order chi connectivity index (χ0) is 29.5. The lowest BCUT2D eigenvalue weighted by Crippen LogP contribution is -2.63. The topological polar surface area (TPSA) is 187 Å². The van der Waals surface area contributed by atoms with Crippen LogP contribution in [0.1, 0.15) is 24.0 Å². The number of amides is 1. The fourth-order valence-electron chi connectivity index (χ4n) is 5.14. The van der Waals surface area contributed by atoms with Gasteiger partial charge in [-0.05, 0) is 11.1 Å². The second-order valence-corrected chi connectivity index (χ2v) is 10.3. The van der Waals surface area contributed by atoms with Crippen LogP contribution in [0.3, 0.4) is 0 Å². The zero-order valence-corrected chi connectivity index (χ0v) is 22.7. The third kappa shape index (κ3) is 7.30. The lowest BCUT2D eigenvalue weighted by Gasteiger charge is -2.46. The van der Waals surface area contributed by atoms with Crippen molar-refractivity contribution >= 4 is 5.91 Å². The normalized spacial score (nSPS) is 34.0. The van der Waals surface area contributed by atoms with Crippen LogP contribution in [-0.4, -0.2) is 118 Å². The first-order valence-electron chi connectivity index (χ1n) is 13.7. The molecule has 2 fully saturated rings. The number of aliphatic hydroxyl groups is 6. The van der Waals surface area contributed by atoms with E-state index in [2.05, 4.69) is 5.32 Å². The van der Waals surface area contributed by atoms with Crippen molar-refractivity contribution in [3.05, 3.63) is 71.8 Å². The van der Waals surface area contributed by atoms with Crippen molar-refractivity contribution in [1.82, 2.24) is 5.32 Å².